The molecule has 0 fully saturated rings. The van der Waals surface area contributed by atoms with E-state index in [1.807, 2.05) is 20.8 Å². The molecule has 1 unspecified atom stereocenters. The van der Waals surface area contributed by atoms with E-state index in [0.717, 1.165) is 12.8 Å². The molecule has 2 amide bonds. The fraction of sp³-hybridized carbons (Fsp3) is 0.879. The van der Waals surface area contributed by atoms with Crippen molar-refractivity contribution in [3.05, 3.63) is 12.2 Å². The fourth-order valence-corrected chi connectivity index (χ4v) is 4.72. The summed E-state index contributed by atoms with van der Waals surface area (Å²) in [5, 5.41) is 7.36. The first-order chi connectivity index (χ1) is 19.4. The Kier molecular flexibility index (Phi) is 25.3. The van der Waals surface area contributed by atoms with Gasteiger partial charge in [-0.15, -0.1) is 0 Å². The van der Waals surface area contributed by atoms with Crippen molar-refractivity contribution < 1.29 is 14.4 Å². The zero-order valence-electron chi connectivity index (χ0n) is 27.3. The van der Waals surface area contributed by atoms with Crippen molar-refractivity contribution in [3.63, 3.8) is 0 Å². The number of hydrogen-bond donors (Lipinski definition) is 4. The van der Waals surface area contributed by atoms with E-state index in [9.17, 15) is 9.59 Å². The first kappa shape index (κ1) is 40.3. The number of hydroxylamine groups is 2. The van der Waals surface area contributed by atoms with Crippen LogP contribution < -0.4 is 10.6 Å². The molecule has 41 heavy (non-hydrogen) atoms. The Balaban J connectivity index is 3.60. The van der Waals surface area contributed by atoms with E-state index in [2.05, 4.69) is 55.0 Å². The summed E-state index contributed by atoms with van der Waals surface area (Å²) < 4.78 is -0.861. The average Bonchev–Trinajstić information content (AvgIpc) is 2.90. The second kappa shape index (κ2) is 25.8. The molecule has 8 heteroatoms. The topological polar surface area (TPSA) is 70.7 Å². The monoisotopic (exact) mass is 615 g/mol. The quantitative estimate of drug-likeness (QED) is 0.0234. The lowest BCUT2D eigenvalue weighted by Gasteiger charge is -2.27. The Morgan fingerprint density at radius 3 is 1.73 bits per heavy atom. The molecule has 0 radical (unpaired) electrons. The number of unbranched alkanes of at least 4 members (excludes halogenated alkanes) is 15. The number of amides is 2. The van der Waals surface area contributed by atoms with Gasteiger partial charge in [-0.3, -0.25) is 14.4 Å². The SMILES string of the molecule is CCCCCCCC/C=C\CCCCCCCCCCCC(=O)NCC(C)(S)CON(C)CNC(=O)CC(C)(C)S. The van der Waals surface area contributed by atoms with E-state index in [1.54, 1.807) is 12.1 Å². The van der Waals surface area contributed by atoms with Crippen molar-refractivity contribution in [1.29, 1.82) is 0 Å². The number of nitrogens with zero attached hydrogens (tertiary/aromatic N) is 1. The third kappa shape index (κ3) is 30.6. The van der Waals surface area contributed by atoms with Gasteiger partial charge in [0.25, 0.3) is 0 Å². The average molecular weight is 616 g/mol. The molecule has 0 saturated heterocycles. The van der Waals surface area contributed by atoms with Crippen LogP contribution in [0.4, 0.5) is 0 Å². The molecule has 0 aliphatic heterocycles. The van der Waals surface area contributed by atoms with Crippen molar-refractivity contribution in [2.45, 2.75) is 159 Å². The Hall–Kier alpha value is -0.700. The van der Waals surface area contributed by atoms with Crippen LogP contribution in [0.25, 0.3) is 0 Å². The maximum absolute atomic E-state index is 12.2. The van der Waals surface area contributed by atoms with Crippen LogP contribution in [0.5, 0.6) is 0 Å². The van der Waals surface area contributed by atoms with Gasteiger partial charge < -0.3 is 10.6 Å². The highest BCUT2D eigenvalue weighted by Gasteiger charge is 2.22. The smallest absolute Gasteiger partial charge is 0.222 e. The Morgan fingerprint density at radius 2 is 1.22 bits per heavy atom. The highest BCUT2D eigenvalue weighted by Crippen LogP contribution is 2.17. The number of carbonyl (C=O) groups excluding carboxylic acids is 2. The minimum Gasteiger partial charge on any atom is -0.355 e. The van der Waals surface area contributed by atoms with Crippen LogP contribution in [0, 0.1) is 0 Å². The normalized spacial score (nSPS) is 13.6. The maximum Gasteiger partial charge on any atom is 0.222 e. The van der Waals surface area contributed by atoms with Crippen LogP contribution in [0.1, 0.15) is 150 Å². The lowest BCUT2D eigenvalue weighted by molar-refractivity contribution is -0.155. The molecule has 0 rings (SSSR count). The zero-order chi connectivity index (χ0) is 30.8. The molecule has 0 spiro atoms. The highest BCUT2D eigenvalue weighted by molar-refractivity contribution is 7.82. The second-order valence-corrected chi connectivity index (χ2v) is 15.0. The minimum absolute atomic E-state index is 0.0706. The van der Waals surface area contributed by atoms with Gasteiger partial charge in [0.15, 0.2) is 0 Å². The lowest BCUT2D eigenvalue weighted by atomic mass is 10.1. The molecule has 0 aromatic carbocycles. The Morgan fingerprint density at radius 1 is 0.732 bits per heavy atom. The highest BCUT2D eigenvalue weighted by atomic mass is 32.1. The zero-order valence-corrected chi connectivity index (χ0v) is 29.1. The molecule has 0 heterocycles. The standard InChI is InChI=1S/C33H65N3O3S2/c1-6-7-8-9-10-11-12-13-14-15-16-17-18-19-20-21-22-23-24-25-30(37)34-27-33(4,41)28-39-36(5)29-35-31(38)26-32(2,3)40/h13-14,40-41H,6-12,15-29H2,1-5H3,(H,34,37)(H,35,38)/b14-13-. The first-order valence-corrected chi connectivity index (χ1v) is 17.3. The number of allylic oxidation sites excluding steroid dienone is 2. The van der Waals surface area contributed by atoms with Gasteiger partial charge in [0.2, 0.25) is 11.8 Å². The molecule has 0 aliphatic rings. The molecule has 2 N–H and O–H groups in total. The van der Waals surface area contributed by atoms with Gasteiger partial charge in [-0.1, -0.05) is 110 Å². The summed E-state index contributed by atoms with van der Waals surface area (Å²) in [6.07, 6.45) is 27.6. The molecule has 0 aliphatic carbocycles. The van der Waals surface area contributed by atoms with Gasteiger partial charge in [-0.2, -0.15) is 30.3 Å². The van der Waals surface area contributed by atoms with Crippen LogP contribution in [0.3, 0.4) is 0 Å². The molecule has 6 nitrogen and oxygen atoms in total. The summed E-state index contributed by atoms with van der Waals surface area (Å²) >= 11 is 9.02. The lowest BCUT2D eigenvalue weighted by Crippen LogP contribution is -2.43. The van der Waals surface area contributed by atoms with Crippen LogP contribution in [0.15, 0.2) is 12.2 Å². The summed E-state index contributed by atoms with van der Waals surface area (Å²) in [7, 11) is 1.76. The van der Waals surface area contributed by atoms with Crippen molar-refractivity contribution in [3.8, 4) is 0 Å². The molecule has 242 valence electrons. The number of rotatable bonds is 28. The van der Waals surface area contributed by atoms with E-state index in [4.69, 9.17) is 4.84 Å². The largest absolute Gasteiger partial charge is 0.355 e. The van der Waals surface area contributed by atoms with Gasteiger partial charge >= 0.3 is 0 Å². The van der Waals surface area contributed by atoms with E-state index in [1.165, 1.54) is 96.3 Å². The van der Waals surface area contributed by atoms with Gasteiger partial charge in [0, 0.05) is 31.2 Å². The van der Waals surface area contributed by atoms with Crippen molar-refractivity contribution in [2.24, 2.45) is 0 Å². The number of carbonyl (C=O) groups is 2. The maximum atomic E-state index is 12.2. The van der Waals surface area contributed by atoms with Crippen LogP contribution in [-0.2, 0) is 14.4 Å². The summed E-state index contributed by atoms with van der Waals surface area (Å²) in [4.78, 5) is 29.8. The summed E-state index contributed by atoms with van der Waals surface area (Å²) in [5.41, 5.74) is 0. The van der Waals surface area contributed by atoms with Crippen LogP contribution >= 0.6 is 25.3 Å². The number of hydrogen-bond acceptors (Lipinski definition) is 6. The second-order valence-electron chi connectivity index (χ2n) is 12.7. The predicted molar refractivity (Wildman–Crippen MR) is 183 cm³/mol. The molecule has 0 aromatic rings. The fourth-order valence-electron chi connectivity index (χ4n) is 4.44. The Labute approximate surface area is 264 Å². The molecular weight excluding hydrogens is 551 g/mol. The predicted octanol–water partition coefficient (Wildman–Crippen LogP) is 8.42. The Bertz CT molecular complexity index is 681. The van der Waals surface area contributed by atoms with E-state index in [-0.39, 0.29) is 23.2 Å². The molecule has 1 atom stereocenters. The minimum atomic E-state index is -0.509. The summed E-state index contributed by atoms with van der Waals surface area (Å²) in [5.74, 6) is -0.00434. The van der Waals surface area contributed by atoms with E-state index < -0.39 is 4.75 Å². The molecule has 0 saturated carbocycles. The number of thiol groups is 2. The summed E-state index contributed by atoms with van der Waals surface area (Å²) in [6, 6.07) is 0. The van der Waals surface area contributed by atoms with Crippen molar-refractivity contribution >= 4 is 37.1 Å². The van der Waals surface area contributed by atoms with Gasteiger partial charge in [-0.25, -0.2) is 0 Å². The van der Waals surface area contributed by atoms with E-state index in [0.29, 0.717) is 26.0 Å². The summed E-state index contributed by atoms with van der Waals surface area (Å²) in [6.45, 7) is 9.02. The van der Waals surface area contributed by atoms with Crippen molar-refractivity contribution in [2.75, 3.05) is 26.9 Å². The van der Waals surface area contributed by atoms with Crippen LogP contribution in [-0.4, -0.2) is 53.2 Å². The third-order valence-electron chi connectivity index (χ3n) is 7.02. The third-order valence-corrected chi connectivity index (χ3v) is 7.47. The van der Waals surface area contributed by atoms with Gasteiger partial charge in [-0.05, 0) is 39.0 Å². The first-order valence-electron chi connectivity index (χ1n) is 16.4. The van der Waals surface area contributed by atoms with Gasteiger partial charge in [0.1, 0.15) is 0 Å². The van der Waals surface area contributed by atoms with Gasteiger partial charge in [0.05, 0.1) is 18.0 Å². The van der Waals surface area contributed by atoms with Crippen LogP contribution in [0.2, 0.25) is 0 Å². The molecule has 0 bridgehead atoms. The molecular formula is C33H65N3O3S2. The van der Waals surface area contributed by atoms with Crippen molar-refractivity contribution in [1.82, 2.24) is 15.7 Å². The number of nitrogens with one attached hydrogen (secondary N) is 2. The molecule has 0 aromatic heterocycles. The van der Waals surface area contributed by atoms with E-state index >= 15 is 0 Å².